The first-order valence-electron chi connectivity index (χ1n) is 10.1. The monoisotopic (exact) mass is 417 g/mol. The highest BCUT2D eigenvalue weighted by Gasteiger charge is 2.11. The molecular formula is C24H27N5O2. The number of urea groups is 2. The summed E-state index contributed by atoms with van der Waals surface area (Å²) in [5.41, 5.74) is 2.94. The average molecular weight is 418 g/mol. The summed E-state index contributed by atoms with van der Waals surface area (Å²) in [7, 11) is 2.00. The largest absolute Gasteiger partial charge is 0.370 e. The lowest BCUT2D eigenvalue weighted by Gasteiger charge is -2.27. The number of carbonyl (C=O) groups excluding carboxylic acids is 2. The van der Waals surface area contributed by atoms with Gasteiger partial charge < -0.3 is 26.2 Å². The number of likely N-dealkylation sites (N-methyl/N-ethyl adjacent to an activating group) is 1. The molecule has 0 fully saturated rings. The predicted molar refractivity (Wildman–Crippen MR) is 127 cm³/mol. The quantitative estimate of drug-likeness (QED) is 0.437. The molecule has 0 aromatic heterocycles. The normalized spacial score (nSPS) is 11.2. The van der Waals surface area contributed by atoms with Crippen molar-refractivity contribution in [2.45, 2.75) is 13.0 Å². The third-order valence-electron chi connectivity index (χ3n) is 4.79. The van der Waals surface area contributed by atoms with Crippen molar-refractivity contribution < 1.29 is 9.59 Å². The minimum Gasteiger partial charge on any atom is -0.370 e. The summed E-state index contributed by atoms with van der Waals surface area (Å²) in [4.78, 5) is 26.6. The van der Waals surface area contributed by atoms with Crippen LogP contribution in [0, 0.1) is 0 Å². The van der Waals surface area contributed by atoms with Gasteiger partial charge in [0.05, 0.1) is 0 Å². The van der Waals surface area contributed by atoms with Gasteiger partial charge in [-0.25, -0.2) is 9.59 Å². The van der Waals surface area contributed by atoms with Crippen molar-refractivity contribution >= 4 is 34.8 Å². The topological polar surface area (TPSA) is 85.5 Å². The average Bonchev–Trinajstić information content (AvgIpc) is 2.78. The third-order valence-corrected chi connectivity index (χ3v) is 4.79. The molecule has 3 rings (SSSR count). The van der Waals surface area contributed by atoms with Crippen molar-refractivity contribution in [3.63, 3.8) is 0 Å². The van der Waals surface area contributed by atoms with Crippen molar-refractivity contribution in [3.8, 4) is 0 Å². The zero-order chi connectivity index (χ0) is 22.1. The Morgan fingerprint density at radius 1 is 0.742 bits per heavy atom. The van der Waals surface area contributed by atoms with Crippen LogP contribution < -0.4 is 26.2 Å². The van der Waals surface area contributed by atoms with Crippen LogP contribution in [0.3, 0.4) is 0 Å². The van der Waals surface area contributed by atoms with E-state index in [9.17, 15) is 9.59 Å². The molecule has 0 bridgehead atoms. The molecule has 0 radical (unpaired) electrons. The molecule has 0 aliphatic rings. The van der Waals surface area contributed by atoms with E-state index in [1.165, 1.54) is 0 Å². The molecule has 1 atom stereocenters. The molecule has 0 aliphatic carbocycles. The maximum atomic E-state index is 12.3. The van der Waals surface area contributed by atoms with Crippen LogP contribution in [0.15, 0.2) is 84.9 Å². The van der Waals surface area contributed by atoms with E-state index in [0.717, 1.165) is 5.69 Å². The van der Waals surface area contributed by atoms with Gasteiger partial charge >= 0.3 is 12.1 Å². The number of para-hydroxylation sites is 2. The smallest absolute Gasteiger partial charge is 0.323 e. The van der Waals surface area contributed by atoms with Gasteiger partial charge in [-0.2, -0.15) is 0 Å². The maximum Gasteiger partial charge on any atom is 0.323 e. The SMILES string of the molecule is C[C@@H](CNC(=O)Nc1cccc(NC(=O)Nc2ccccc2)c1)N(C)c1ccccc1. The Morgan fingerprint density at radius 3 is 1.90 bits per heavy atom. The first kappa shape index (κ1) is 21.7. The van der Waals surface area contributed by atoms with Crippen LogP contribution in [0.5, 0.6) is 0 Å². The molecule has 3 aromatic rings. The van der Waals surface area contributed by atoms with Crippen LogP contribution in [-0.4, -0.2) is 31.7 Å². The number of hydrogen-bond donors (Lipinski definition) is 4. The van der Waals surface area contributed by atoms with Crippen molar-refractivity contribution in [3.05, 3.63) is 84.9 Å². The van der Waals surface area contributed by atoms with Crippen LogP contribution in [0.2, 0.25) is 0 Å². The van der Waals surface area contributed by atoms with Crippen LogP contribution >= 0.6 is 0 Å². The highest BCUT2D eigenvalue weighted by atomic mass is 16.2. The molecular weight excluding hydrogens is 390 g/mol. The van der Waals surface area contributed by atoms with Gasteiger partial charge in [-0.3, -0.25) is 0 Å². The number of hydrogen-bond acceptors (Lipinski definition) is 3. The van der Waals surface area contributed by atoms with Crippen LogP contribution in [0.1, 0.15) is 6.92 Å². The van der Waals surface area contributed by atoms with Crippen LogP contribution in [0.4, 0.5) is 32.3 Å². The Bertz CT molecular complexity index is 995. The highest BCUT2D eigenvalue weighted by molar-refractivity contribution is 6.00. The fourth-order valence-electron chi connectivity index (χ4n) is 2.96. The summed E-state index contributed by atoms with van der Waals surface area (Å²) in [6.45, 7) is 2.53. The second-order valence-corrected chi connectivity index (χ2v) is 7.16. The lowest BCUT2D eigenvalue weighted by atomic mass is 10.2. The number of carbonyl (C=O) groups is 2. The molecule has 0 spiro atoms. The van der Waals surface area contributed by atoms with E-state index < -0.39 is 0 Å². The Hall–Kier alpha value is -4.00. The number of amides is 4. The molecule has 0 aliphatic heterocycles. The van der Waals surface area contributed by atoms with Gasteiger partial charge in [0.15, 0.2) is 0 Å². The molecule has 7 nitrogen and oxygen atoms in total. The predicted octanol–water partition coefficient (Wildman–Crippen LogP) is 4.98. The molecule has 3 aromatic carbocycles. The summed E-state index contributed by atoms with van der Waals surface area (Å²) < 4.78 is 0. The molecule has 160 valence electrons. The van der Waals surface area contributed by atoms with E-state index in [0.29, 0.717) is 23.6 Å². The van der Waals surface area contributed by atoms with E-state index in [4.69, 9.17) is 0 Å². The number of benzene rings is 3. The minimum absolute atomic E-state index is 0.114. The molecule has 4 N–H and O–H groups in total. The number of rotatable bonds is 7. The minimum atomic E-state index is -0.356. The Labute approximate surface area is 182 Å². The molecule has 31 heavy (non-hydrogen) atoms. The standard InChI is InChI=1S/C24H27N5O2/c1-18(29(2)22-14-7-4-8-15-22)17-25-23(30)27-20-12-9-13-21(16-20)28-24(31)26-19-10-5-3-6-11-19/h3-16,18H,17H2,1-2H3,(H2,25,27,30)(H2,26,28,31)/t18-/m0/s1. The lowest BCUT2D eigenvalue weighted by Crippen LogP contribution is -2.41. The molecule has 0 heterocycles. The zero-order valence-corrected chi connectivity index (χ0v) is 17.6. The lowest BCUT2D eigenvalue weighted by molar-refractivity contribution is 0.251. The van der Waals surface area contributed by atoms with E-state index in [1.54, 1.807) is 36.4 Å². The Morgan fingerprint density at radius 2 is 1.26 bits per heavy atom. The maximum absolute atomic E-state index is 12.3. The zero-order valence-electron chi connectivity index (χ0n) is 17.6. The van der Waals surface area contributed by atoms with E-state index >= 15 is 0 Å². The van der Waals surface area contributed by atoms with E-state index in [-0.39, 0.29) is 18.1 Å². The van der Waals surface area contributed by atoms with Gasteiger partial charge in [0.1, 0.15) is 0 Å². The van der Waals surface area contributed by atoms with Crippen molar-refractivity contribution in [2.24, 2.45) is 0 Å². The fourth-order valence-corrected chi connectivity index (χ4v) is 2.96. The molecule has 7 heteroatoms. The van der Waals surface area contributed by atoms with Crippen molar-refractivity contribution in [1.29, 1.82) is 0 Å². The molecule has 0 unspecified atom stereocenters. The number of nitrogens with zero attached hydrogens (tertiary/aromatic N) is 1. The molecule has 0 saturated heterocycles. The first-order chi connectivity index (χ1) is 15.0. The second kappa shape index (κ2) is 10.7. The highest BCUT2D eigenvalue weighted by Crippen LogP contribution is 2.16. The van der Waals surface area contributed by atoms with Crippen molar-refractivity contribution in [2.75, 3.05) is 34.4 Å². The van der Waals surface area contributed by atoms with Gasteiger partial charge in [0.2, 0.25) is 0 Å². The van der Waals surface area contributed by atoms with Crippen LogP contribution in [0.25, 0.3) is 0 Å². The summed E-state index contributed by atoms with van der Waals surface area (Å²) in [6, 6.07) is 25.6. The summed E-state index contributed by atoms with van der Waals surface area (Å²) >= 11 is 0. The van der Waals surface area contributed by atoms with E-state index in [1.807, 2.05) is 62.5 Å². The van der Waals surface area contributed by atoms with Crippen molar-refractivity contribution in [1.82, 2.24) is 5.32 Å². The summed E-state index contributed by atoms with van der Waals surface area (Å²) in [5, 5.41) is 11.2. The summed E-state index contributed by atoms with van der Waals surface area (Å²) in [5.74, 6) is 0. The number of nitrogens with one attached hydrogen (secondary N) is 4. The van der Waals surface area contributed by atoms with E-state index in [2.05, 4.69) is 26.2 Å². The summed E-state index contributed by atoms with van der Waals surface area (Å²) in [6.07, 6.45) is 0. The third kappa shape index (κ3) is 6.78. The Kier molecular flexibility index (Phi) is 7.48. The molecule has 4 amide bonds. The van der Waals surface area contributed by atoms with Gasteiger partial charge in [0, 0.05) is 42.4 Å². The second-order valence-electron chi connectivity index (χ2n) is 7.16. The van der Waals surface area contributed by atoms with Gasteiger partial charge in [0.25, 0.3) is 0 Å². The van der Waals surface area contributed by atoms with Gasteiger partial charge in [-0.1, -0.05) is 42.5 Å². The van der Waals surface area contributed by atoms with Gasteiger partial charge in [-0.15, -0.1) is 0 Å². The Balaban J connectivity index is 1.48. The number of anilines is 4. The van der Waals surface area contributed by atoms with Crippen LogP contribution in [-0.2, 0) is 0 Å². The first-order valence-corrected chi connectivity index (χ1v) is 10.1. The van der Waals surface area contributed by atoms with Gasteiger partial charge in [-0.05, 0) is 49.4 Å². The molecule has 0 saturated carbocycles. The fraction of sp³-hybridized carbons (Fsp3) is 0.167.